The summed E-state index contributed by atoms with van der Waals surface area (Å²) in [5, 5.41) is 3.12. The second-order valence-electron chi connectivity index (χ2n) is 10.2. The zero-order valence-corrected chi connectivity index (χ0v) is 20.8. The number of ether oxygens (including phenoxy) is 1. The van der Waals surface area contributed by atoms with Crippen molar-refractivity contribution in [2.45, 2.75) is 39.7 Å². The quantitative estimate of drug-likeness (QED) is 0.410. The molecule has 3 aromatic heterocycles. The van der Waals surface area contributed by atoms with E-state index in [1.54, 1.807) is 0 Å². The maximum Gasteiger partial charge on any atom is 0.229 e. The summed E-state index contributed by atoms with van der Waals surface area (Å²) in [4.78, 5) is 20.2. The molecule has 36 heavy (non-hydrogen) atoms. The fourth-order valence-electron chi connectivity index (χ4n) is 5.32. The minimum absolute atomic E-state index is 0.238. The average molecular weight is 488 g/mol. The molecule has 4 aromatic rings. The largest absolute Gasteiger partial charge is 0.380 e. The summed E-state index contributed by atoms with van der Waals surface area (Å²) in [6, 6.07) is 9.90. The molecule has 0 aliphatic carbocycles. The zero-order chi connectivity index (χ0) is 24.9. The Hall–Kier alpha value is -3.59. The maximum atomic E-state index is 14.8. The fourth-order valence-corrected chi connectivity index (χ4v) is 5.32. The van der Waals surface area contributed by atoms with E-state index in [2.05, 4.69) is 54.6 Å². The molecule has 9 heteroatoms. The minimum Gasteiger partial charge on any atom is -0.380 e. The lowest BCUT2D eigenvalue weighted by atomic mass is 9.77. The second-order valence-corrected chi connectivity index (χ2v) is 10.2. The van der Waals surface area contributed by atoms with Gasteiger partial charge in [-0.3, -0.25) is 0 Å². The van der Waals surface area contributed by atoms with E-state index in [4.69, 9.17) is 4.74 Å². The van der Waals surface area contributed by atoms with Gasteiger partial charge < -0.3 is 19.5 Å². The van der Waals surface area contributed by atoms with Crippen LogP contribution in [0.2, 0.25) is 0 Å². The van der Waals surface area contributed by atoms with Gasteiger partial charge in [0.2, 0.25) is 5.95 Å². The molecule has 0 radical (unpaired) electrons. The number of hydrogen-bond donors (Lipinski definition) is 1. The number of aromatic nitrogens is 5. The SMILES string of the molecule is Cc1nc2ccc(-c3nc(Nc4ccc(N5CCC6(CC5)COC6)cn4)ncc3F)cc2n1C(C)C. The number of halogens is 1. The molecular weight excluding hydrogens is 457 g/mol. The molecule has 0 saturated carbocycles. The van der Waals surface area contributed by atoms with Gasteiger partial charge in [0.25, 0.3) is 0 Å². The molecule has 1 aromatic carbocycles. The second kappa shape index (κ2) is 8.81. The Bertz CT molecular complexity index is 1400. The summed E-state index contributed by atoms with van der Waals surface area (Å²) in [6.07, 6.45) is 5.37. The number of piperidine rings is 1. The lowest BCUT2D eigenvalue weighted by Gasteiger charge is -2.47. The first kappa shape index (κ1) is 22.8. The smallest absolute Gasteiger partial charge is 0.229 e. The van der Waals surface area contributed by atoms with E-state index in [1.807, 2.05) is 37.4 Å². The van der Waals surface area contributed by atoms with Crippen molar-refractivity contribution in [3.05, 3.63) is 54.4 Å². The van der Waals surface area contributed by atoms with Crippen molar-refractivity contribution >= 4 is 28.5 Å². The molecule has 0 atom stereocenters. The van der Waals surface area contributed by atoms with E-state index >= 15 is 0 Å². The Labute approximate surface area is 209 Å². The Kier molecular flexibility index (Phi) is 5.59. The van der Waals surface area contributed by atoms with Crippen LogP contribution in [0.5, 0.6) is 0 Å². The number of fused-ring (bicyclic) bond motifs is 1. The standard InChI is InChI=1S/C27H30FN7O/c1-17(2)35-18(3)31-22-6-4-19(12-23(22)35)25-21(28)14-30-26(33-25)32-24-7-5-20(13-29-24)34-10-8-27(9-11-34)15-36-16-27/h4-7,12-14,17H,8-11,15-16H2,1-3H3,(H,29,30,32,33). The van der Waals surface area contributed by atoms with Crippen LogP contribution >= 0.6 is 0 Å². The van der Waals surface area contributed by atoms with E-state index in [9.17, 15) is 4.39 Å². The van der Waals surface area contributed by atoms with Crippen molar-refractivity contribution in [3.8, 4) is 11.3 Å². The fraction of sp³-hybridized carbons (Fsp3) is 0.407. The first-order chi connectivity index (χ1) is 17.4. The highest BCUT2D eigenvalue weighted by atomic mass is 19.1. The molecule has 2 aliphatic rings. The molecule has 2 fully saturated rings. The lowest BCUT2D eigenvalue weighted by Crippen LogP contribution is -2.50. The van der Waals surface area contributed by atoms with Crippen LogP contribution in [0.1, 0.15) is 38.6 Å². The summed E-state index contributed by atoms with van der Waals surface area (Å²) in [5.74, 6) is 1.36. The summed E-state index contributed by atoms with van der Waals surface area (Å²) < 4.78 is 22.4. The number of nitrogens with one attached hydrogen (secondary N) is 1. The molecule has 0 unspecified atom stereocenters. The Morgan fingerprint density at radius 1 is 1.03 bits per heavy atom. The number of pyridine rings is 1. The highest BCUT2D eigenvalue weighted by Gasteiger charge is 2.41. The number of rotatable bonds is 5. The summed E-state index contributed by atoms with van der Waals surface area (Å²) in [6.45, 7) is 10.0. The number of benzene rings is 1. The highest BCUT2D eigenvalue weighted by molar-refractivity contribution is 5.82. The number of hydrogen-bond acceptors (Lipinski definition) is 7. The molecule has 186 valence electrons. The topological polar surface area (TPSA) is 81.0 Å². The summed E-state index contributed by atoms with van der Waals surface area (Å²) in [7, 11) is 0. The first-order valence-electron chi connectivity index (χ1n) is 12.5. The van der Waals surface area contributed by atoms with Crippen LogP contribution in [0.25, 0.3) is 22.3 Å². The van der Waals surface area contributed by atoms with Crippen LogP contribution in [-0.2, 0) is 4.74 Å². The van der Waals surface area contributed by atoms with E-state index in [1.165, 1.54) is 6.20 Å². The number of nitrogens with zero attached hydrogens (tertiary/aromatic N) is 6. The van der Waals surface area contributed by atoms with E-state index in [0.29, 0.717) is 22.7 Å². The molecule has 8 nitrogen and oxygen atoms in total. The van der Waals surface area contributed by atoms with Crippen molar-refractivity contribution < 1.29 is 9.13 Å². The highest BCUT2D eigenvalue weighted by Crippen LogP contribution is 2.39. The van der Waals surface area contributed by atoms with Gasteiger partial charge >= 0.3 is 0 Å². The average Bonchev–Trinajstić information content (AvgIpc) is 3.20. The molecule has 2 saturated heterocycles. The maximum absolute atomic E-state index is 14.8. The van der Waals surface area contributed by atoms with Gasteiger partial charge in [0.15, 0.2) is 5.82 Å². The predicted molar refractivity (Wildman–Crippen MR) is 138 cm³/mol. The normalized spacial score (nSPS) is 17.1. The molecular formula is C27H30FN7O. The Morgan fingerprint density at radius 3 is 2.50 bits per heavy atom. The number of imidazole rings is 1. The van der Waals surface area contributed by atoms with Crippen LogP contribution in [0, 0.1) is 18.2 Å². The molecule has 0 bridgehead atoms. The van der Waals surface area contributed by atoms with Crippen molar-refractivity contribution in [1.82, 2.24) is 24.5 Å². The number of aryl methyl sites for hydroxylation is 1. The van der Waals surface area contributed by atoms with Crippen molar-refractivity contribution in [2.75, 3.05) is 36.5 Å². The molecule has 0 amide bonds. The lowest BCUT2D eigenvalue weighted by molar-refractivity contribution is -0.124. The molecule has 5 heterocycles. The summed E-state index contributed by atoms with van der Waals surface area (Å²) in [5.41, 5.74) is 4.26. The van der Waals surface area contributed by atoms with E-state index in [-0.39, 0.29) is 11.7 Å². The third kappa shape index (κ3) is 4.07. The monoisotopic (exact) mass is 487 g/mol. The van der Waals surface area contributed by atoms with Gasteiger partial charge in [-0.2, -0.15) is 0 Å². The van der Waals surface area contributed by atoms with Crippen LogP contribution < -0.4 is 10.2 Å². The molecule has 1 spiro atoms. The third-order valence-electron chi connectivity index (χ3n) is 7.39. The minimum atomic E-state index is -0.477. The van der Waals surface area contributed by atoms with Crippen LogP contribution in [0.3, 0.4) is 0 Å². The van der Waals surface area contributed by atoms with Crippen molar-refractivity contribution in [3.63, 3.8) is 0 Å². The van der Waals surface area contributed by atoms with E-state index in [0.717, 1.165) is 61.7 Å². The first-order valence-corrected chi connectivity index (χ1v) is 12.5. The van der Waals surface area contributed by atoms with E-state index < -0.39 is 5.82 Å². The molecule has 1 N–H and O–H groups in total. The van der Waals surface area contributed by atoms with Gasteiger partial charge in [-0.25, -0.2) is 24.3 Å². The zero-order valence-electron chi connectivity index (χ0n) is 20.8. The van der Waals surface area contributed by atoms with Crippen LogP contribution in [-0.4, -0.2) is 50.8 Å². The Morgan fingerprint density at radius 2 is 1.83 bits per heavy atom. The summed E-state index contributed by atoms with van der Waals surface area (Å²) >= 11 is 0. The predicted octanol–water partition coefficient (Wildman–Crippen LogP) is 5.28. The third-order valence-corrected chi connectivity index (χ3v) is 7.39. The van der Waals surface area contributed by atoms with Gasteiger partial charge in [0, 0.05) is 30.1 Å². The Balaban J connectivity index is 1.21. The van der Waals surface area contributed by atoms with Gasteiger partial charge in [-0.1, -0.05) is 6.07 Å². The van der Waals surface area contributed by atoms with Gasteiger partial charge in [-0.05, 0) is 57.9 Å². The van der Waals surface area contributed by atoms with Gasteiger partial charge in [0.05, 0.1) is 42.3 Å². The van der Waals surface area contributed by atoms with Crippen LogP contribution in [0.15, 0.2) is 42.7 Å². The van der Waals surface area contributed by atoms with Crippen molar-refractivity contribution in [1.29, 1.82) is 0 Å². The van der Waals surface area contributed by atoms with Gasteiger partial charge in [0.1, 0.15) is 17.3 Å². The van der Waals surface area contributed by atoms with Crippen molar-refractivity contribution in [2.24, 2.45) is 5.41 Å². The molecule has 6 rings (SSSR count). The van der Waals surface area contributed by atoms with Crippen LogP contribution in [0.4, 0.5) is 21.8 Å². The number of anilines is 3. The van der Waals surface area contributed by atoms with Gasteiger partial charge in [-0.15, -0.1) is 0 Å². The molecule has 2 aliphatic heterocycles.